The van der Waals surface area contributed by atoms with Crippen molar-refractivity contribution in [2.45, 2.75) is 0 Å². The van der Waals surface area contributed by atoms with E-state index in [0.29, 0.717) is 0 Å². The maximum atomic E-state index is 8.73. The highest BCUT2D eigenvalue weighted by Gasteiger charge is 2.04. The molecule has 1 aliphatic rings. The number of thioether (sulfide) groups is 1. The summed E-state index contributed by atoms with van der Waals surface area (Å²) in [6.07, 6.45) is 0. The minimum Gasteiger partial charge on any atom is -0.314 e. The summed E-state index contributed by atoms with van der Waals surface area (Å²) in [7, 11) is 0. The normalized spacial score (nSPS) is 25.3. The third-order valence-electron chi connectivity index (χ3n) is 0.987. The predicted octanol–water partition coefficient (Wildman–Crippen LogP) is 0.424. The number of nitrogens with zero attached hydrogens (tertiary/aromatic N) is 1. The van der Waals surface area contributed by atoms with E-state index in [4.69, 9.17) is 5.21 Å². The smallest absolute Gasteiger partial charge is 0.0329 e. The molecule has 42 valence electrons. The van der Waals surface area contributed by atoms with Gasteiger partial charge in [-0.25, -0.2) is 0 Å². The van der Waals surface area contributed by atoms with Gasteiger partial charge in [-0.2, -0.15) is 16.8 Å². The molecule has 0 aromatic rings. The van der Waals surface area contributed by atoms with Crippen LogP contribution in [0.4, 0.5) is 0 Å². The fourth-order valence-electron chi connectivity index (χ4n) is 0.554. The van der Waals surface area contributed by atoms with Gasteiger partial charge in [-0.15, -0.1) is 0 Å². The Morgan fingerprint density at radius 3 is 2.14 bits per heavy atom. The molecule has 0 atom stereocenters. The molecular weight excluding hydrogens is 110 g/mol. The van der Waals surface area contributed by atoms with Gasteiger partial charge in [-0.3, -0.25) is 0 Å². The van der Waals surface area contributed by atoms with E-state index in [1.807, 2.05) is 11.8 Å². The van der Waals surface area contributed by atoms with Crippen molar-refractivity contribution in [3.8, 4) is 0 Å². The van der Waals surface area contributed by atoms with Gasteiger partial charge in [0.15, 0.2) is 0 Å². The van der Waals surface area contributed by atoms with Crippen molar-refractivity contribution < 1.29 is 5.21 Å². The first-order valence-electron chi connectivity index (χ1n) is 2.41. The third-order valence-corrected chi connectivity index (χ3v) is 1.93. The Kier molecular flexibility index (Phi) is 1.97. The Labute approximate surface area is 47.5 Å². The van der Waals surface area contributed by atoms with Crippen molar-refractivity contribution in [3.05, 3.63) is 0 Å². The Morgan fingerprint density at radius 2 is 1.86 bits per heavy atom. The molecule has 1 saturated heterocycles. The van der Waals surface area contributed by atoms with Gasteiger partial charge in [0.25, 0.3) is 0 Å². The van der Waals surface area contributed by atoms with Gasteiger partial charge >= 0.3 is 0 Å². The molecule has 1 rings (SSSR count). The van der Waals surface area contributed by atoms with Gasteiger partial charge < -0.3 is 5.21 Å². The molecule has 0 bridgehead atoms. The molecule has 0 aliphatic carbocycles. The van der Waals surface area contributed by atoms with E-state index in [1.165, 1.54) is 5.06 Å². The Bertz CT molecular complexity index is 53.7. The molecule has 0 unspecified atom stereocenters. The van der Waals surface area contributed by atoms with Gasteiger partial charge in [0.1, 0.15) is 0 Å². The third kappa shape index (κ3) is 1.67. The van der Waals surface area contributed by atoms with Crippen molar-refractivity contribution in [2.24, 2.45) is 0 Å². The fourth-order valence-corrected chi connectivity index (χ4v) is 1.44. The van der Waals surface area contributed by atoms with Crippen molar-refractivity contribution in [1.29, 1.82) is 0 Å². The quantitative estimate of drug-likeness (QED) is 0.500. The number of rotatable bonds is 0. The zero-order chi connectivity index (χ0) is 5.11. The monoisotopic (exact) mass is 119 g/mol. The molecule has 0 aromatic carbocycles. The summed E-state index contributed by atoms with van der Waals surface area (Å²) in [5.74, 6) is 2.16. The van der Waals surface area contributed by atoms with E-state index in [1.54, 1.807) is 0 Å². The lowest BCUT2D eigenvalue weighted by Gasteiger charge is -2.18. The zero-order valence-corrected chi connectivity index (χ0v) is 4.95. The maximum absolute atomic E-state index is 8.73. The number of hydrogen-bond donors (Lipinski definition) is 1. The van der Waals surface area contributed by atoms with Gasteiger partial charge in [0.2, 0.25) is 0 Å². The van der Waals surface area contributed by atoms with Crippen LogP contribution in [0.15, 0.2) is 0 Å². The van der Waals surface area contributed by atoms with Crippen molar-refractivity contribution in [1.82, 2.24) is 5.06 Å². The van der Waals surface area contributed by atoms with Gasteiger partial charge in [0, 0.05) is 24.6 Å². The Hall–Kier alpha value is 0.270. The van der Waals surface area contributed by atoms with E-state index >= 15 is 0 Å². The van der Waals surface area contributed by atoms with E-state index in [-0.39, 0.29) is 0 Å². The second-order valence-electron chi connectivity index (χ2n) is 1.57. The zero-order valence-electron chi connectivity index (χ0n) is 4.13. The summed E-state index contributed by atoms with van der Waals surface area (Å²) in [5.41, 5.74) is 0. The summed E-state index contributed by atoms with van der Waals surface area (Å²) in [6.45, 7) is 1.68. The first-order chi connectivity index (χ1) is 3.39. The molecule has 7 heavy (non-hydrogen) atoms. The second-order valence-corrected chi connectivity index (χ2v) is 2.79. The summed E-state index contributed by atoms with van der Waals surface area (Å²) < 4.78 is 0. The van der Waals surface area contributed by atoms with Crippen molar-refractivity contribution in [3.63, 3.8) is 0 Å². The molecule has 3 heteroatoms. The van der Waals surface area contributed by atoms with Crippen LogP contribution in [0.5, 0.6) is 0 Å². The fraction of sp³-hybridized carbons (Fsp3) is 1.00. The van der Waals surface area contributed by atoms with Crippen LogP contribution in [-0.4, -0.2) is 34.9 Å². The summed E-state index contributed by atoms with van der Waals surface area (Å²) >= 11 is 1.90. The van der Waals surface area contributed by atoms with Crippen molar-refractivity contribution in [2.75, 3.05) is 24.6 Å². The molecule has 1 heterocycles. The first-order valence-corrected chi connectivity index (χ1v) is 3.56. The average molecular weight is 119 g/mol. The molecule has 0 saturated carbocycles. The highest BCUT2D eigenvalue weighted by Crippen LogP contribution is 2.05. The Morgan fingerprint density at radius 1 is 1.29 bits per heavy atom. The second kappa shape index (κ2) is 2.55. The lowest BCUT2D eigenvalue weighted by molar-refractivity contribution is -0.0814. The lowest BCUT2D eigenvalue weighted by Crippen LogP contribution is -2.28. The minimum atomic E-state index is 0.838. The van der Waals surface area contributed by atoms with Crippen LogP contribution in [0.2, 0.25) is 0 Å². The molecule has 0 aromatic heterocycles. The van der Waals surface area contributed by atoms with Gasteiger partial charge in [-0.1, -0.05) is 0 Å². The lowest BCUT2D eigenvalue weighted by atomic mass is 10.6. The summed E-state index contributed by atoms with van der Waals surface area (Å²) in [6, 6.07) is 0. The van der Waals surface area contributed by atoms with Crippen LogP contribution in [0.3, 0.4) is 0 Å². The van der Waals surface area contributed by atoms with E-state index in [0.717, 1.165) is 24.6 Å². The minimum absolute atomic E-state index is 0.838. The van der Waals surface area contributed by atoms with Crippen LogP contribution in [0.1, 0.15) is 0 Å². The van der Waals surface area contributed by atoms with Crippen LogP contribution >= 0.6 is 11.8 Å². The van der Waals surface area contributed by atoms with Crippen LogP contribution in [-0.2, 0) is 0 Å². The Balaban J connectivity index is 2.12. The summed E-state index contributed by atoms with van der Waals surface area (Å²) in [4.78, 5) is 0. The van der Waals surface area contributed by atoms with Gasteiger partial charge in [0.05, 0.1) is 0 Å². The summed E-state index contributed by atoms with van der Waals surface area (Å²) in [5, 5.41) is 10.1. The topological polar surface area (TPSA) is 23.5 Å². The molecule has 1 fully saturated rings. The number of hydrogen-bond acceptors (Lipinski definition) is 3. The molecule has 0 spiro atoms. The van der Waals surface area contributed by atoms with Gasteiger partial charge in [-0.05, 0) is 0 Å². The van der Waals surface area contributed by atoms with Crippen LogP contribution < -0.4 is 0 Å². The highest BCUT2D eigenvalue weighted by atomic mass is 32.2. The first kappa shape index (κ1) is 5.41. The molecule has 0 radical (unpaired) electrons. The standard InChI is InChI=1S/C4H9NOS/c6-5-1-3-7-4-2-5/h6H,1-4H2. The van der Waals surface area contributed by atoms with E-state index < -0.39 is 0 Å². The SMILES string of the molecule is ON1CCSCC1. The largest absolute Gasteiger partial charge is 0.314 e. The molecular formula is C4H9NOS. The van der Waals surface area contributed by atoms with Crippen LogP contribution in [0, 0.1) is 0 Å². The predicted molar refractivity (Wildman–Crippen MR) is 30.7 cm³/mol. The molecule has 2 nitrogen and oxygen atoms in total. The molecule has 1 aliphatic heterocycles. The molecule has 1 N–H and O–H groups in total. The maximum Gasteiger partial charge on any atom is 0.0329 e. The van der Waals surface area contributed by atoms with E-state index in [2.05, 4.69) is 0 Å². The van der Waals surface area contributed by atoms with E-state index in [9.17, 15) is 0 Å². The molecule has 0 amide bonds. The number of hydroxylamine groups is 2. The van der Waals surface area contributed by atoms with Crippen LogP contribution in [0.25, 0.3) is 0 Å². The van der Waals surface area contributed by atoms with Crippen molar-refractivity contribution >= 4 is 11.8 Å². The average Bonchev–Trinajstić information content (AvgIpc) is 1.69. The highest BCUT2D eigenvalue weighted by molar-refractivity contribution is 7.99.